The van der Waals surface area contributed by atoms with Crippen LogP contribution in [0.2, 0.25) is 10.3 Å². The van der Waals surface area contributed by atoms with E-state index in [9.17, 15) is 14.4 Å². The number of ether oxygens (including phenoxy) is 1. The van der Waals surface area contributed by atoms with Crippen LogP contribution < -0.4 is 5.32 Å². The van der Waals surface area contributed by atoms with Crippen molar-refractivity contribution in [3.8, 4) is 0 Å². The fraction of sp³-hybridized carbons (Fsp3) is 0.214. The van der Waals surface area contributed by atoms with Gasteiger partial charge >= 0.3 is 5.97 Å². The van der Waals surface area contributed by atoms with Crippen molar-refractivity contribution in [2.75, 3.05) is 17.4 Å². The third-order valence-corrected chi connectivity index (χ3v) is 9.28. The van der Waals surface area contributed by atoms with E-state index in [0.29, 0.717) is 16.2 Å². The molecule has 5 rings (SSSR count). The summed E-state index contributed by atoms with van der Waals surface area (Å²) in [7, 11) is 0. The Morgan fingerprint density at radius 2 is 1.65 bits per heavy atom. The van der Waals surface area contributed by atoms with Gasteiger partial charge in [-0.3, -0.25) is 14.5 Å². The number of fused-ring (bicyclic) bond motifs is 1. The summed E-state index contributed by atoms with van der Waals surface area (Å²) < 4.78 is 6.04. The molecule has 2 atom stereocenters. The number of nitrogens with one attached hydrogen (secondary N) is 1. The molecule has 1 fully saturated rings. The SMILES string of the molecule is O=C(CSc1cc(Cl)nc(Cl)c1)N[C@@H]1C(=O)N2C(C(=O)OC(c3ccccc3)c3ccccc3)=C(CCl)CS[C@H]12. The van der Waals surface area contributed by atoms with Gasteiger partial charge in [-0.15, -0.1) is 35.1 Å². The third kappa shape index (κ3) is 6.29. The maximum absolute atomic E-state index is 13.6. The topological polar surface area (TPSA) is 88.6 Å². The van der Waals surface area contributed by atoms with E-state index in [0.717, 1.165) is 11.1 Å². The van der Waals surface area contributed by atoms with Crippen molar-refractivity contribution in [3.05, 3.63) is 105 Å². The number of aromatic nitrogens is 1. The van der Waals surface area contributed by atoms with E-state index in [-0.39, 0.29) is 33.5 Å². The fourth-order valence-corrected chi connectivity index (χ4v) is 7.45. The molecule has 0 spiro atoms. The number of carbonyl (C=O) groups is 3. The number of esters is 1. The molecule has 2 aliphatic rings. The number of rotatable bonds is 9. The van der Waals surface area contributed by atoms with E-state index in [4.69, 9.17) is 39.5 Å². The van der Waals surface area contributed by atoms with E-state index >= 15 is 0 Å². The predicted molar refractivity (Wildman–Crippen MR) is 159 cm³/mol. The van der Waals surface area contributed by atoms with E-state index in [1.54, 1.807) is 12.1 Å². The zero-order chi connectivity index (χ0) is 28.2. The Bertz CT molecular complexity index is 1400. The van der Waals surface area contributed by atoms with Crippen molar-refractivity contribution >= 4 is 76.1 Å². The lowest BCUT2D eigenvalue weighted by Crippen LogP contribution is -2.70. The van der Waals surface area contributed by atoms with Gasteiger partial charge in [-0.2, -0.15) is 0 Å². The summed E-state index contributed by atoms with van der Waals surface area (Å²) in [6.45, 7) is 0. The summed E-state index contributed by atoms with van der Waals surface area (Å²) in [6, 6.07) is 21.2. The lowest BCUT2D eigenvalue weighted by Gasteiger charge is -2.49. The van der Waals surface area contributed by atoms with Crippen molar-refractivity contribution < 1.29 is 19.1 Å². The van der Waals surface area contributed by atoms with Crippen LogP contribution in [0, 0.1) is 0 Å². The van der Waals surface area contributed by atoms with Crippen LogP contribution in [0.4, 0.5) is 0 Å². The first-order valence-electron chi connectivity index (χ1n) is 12.1. The van der Waals surface area contributed by atoms with Crippen molar-refractivity contribution in [1.82, 2.24) is 15.2 Å². The van der Waals surface area contributed by atoms with Gasteiger partial charge < -0.3 is 10.1 Å². The van der Waals surface area contributed by atoms with Crippen LogP contribution in [-0.4, -0.2) is 56.5 Å². The minimum atomic E-state index is -0.776. The van der Waals surface area contributed by atoms with Crippen LogP contribution in [0.3, 0.4) is 0 Å². The van der Waals surface area contributed by atoms with Crippen molar-refractivity contribution in [2.24, 2.45) is 0 Å². The molecule has 12 heteroatoms. The second-order valence-electron chi connectivity index (χ2n) is 8.88. The minimum Gasteiger partial charge on any atom is -0.448 e. The smallest absolute Gasteiger partial charge is 0.356 e. The van der Waals surface area contributed by atoms with Crippen LogP contribution in [0.15, 0.2) is 89.0 Å². The number of β-lactam (4-membered cyclic amide) rings is 1. The molecule has 206 valence electrons. The van der Waals surface area contributed by atoms with Gasteiger partial charge in [0.1, 0.15) is 27.4 Å². The normalized spacial score (nSPS) is 18.3. The Morgan fingerprint density at radius 3 is 2.23 bits per heavy atom. The Hall–Kier alpha value is -2.69. The molecule has 3 heterocycles. The van der Waals surface area contributed by atoms with Gasteiger partial charge in [-0.1, -0.05) is 83.9 Å². The van der Waals surface area contributed by atoms with Gasteiger partial charge in [0.25, 0.3) is 5.91 Å². The molecule has 1 saturated heterocycles. The van der Waals surface area contributed by atoms with Gasteiger partial charge in [-0.05, 0) is 28.8 Å². The second kappa shape index (κ2) is 12.9. The Balaban J connectivity index is 1.29. The molecule has 0 radical (unpaired) electrons. The lowest BCUT2D eigenvalue weighted by atomic mass is 10.0. The number of pyridine rings is 1. The zero-order valence-corrected chi connectivity index (χ0v) is 24.7. The number of halogens is 3. The molecular weight excluding hydrogens is 613 g/mol. The van der Waals surface area contributed by atoms with Crippen LogP contribution in [-0.2, 0) is 19.1 Å². The summed E-state index contributed by atoms with van der Waals surface area (Å²) in [5, 5.41) is 2.79. The summed E-state index contributed by atoms with van der Waals surface area (Å²) in [6.07, 6.45) is -0.675. The van der Waals surface area contributed by atoms with Crippen molar-refractivity contribution in [1.29, 1.82) is 0 Å². The Labute approximate surface area is 254 Å². The zero-order valence-electron chi connectivity index (χ0n) is 20.8. The van der Waals surface area contributed by atoms with E-state index in [1.165, 1.54) is 28.4 Å². The number of thioether (sulfide) groups is 2. The molecule has 0 unspecified atom stereocenters. The molecule has 0 aliphatic carbocycles. The molecule has 40 heavy (non-hydrogen) atoms. The Kier molecular flexibility index (Phi) is 9.27. The summed E-state index contributed by atoms with van der Waals surface area (Å²) >= 11 is 20.7. The lowest BCUT2D eigenvalue weighted by molar-refractivity contribution is -0.154. The number of amides is 2. The first-order valence-corrected chi connectivity index (χ1v) is 15.5. The molecule has 3 aromatic rings. The summed E-state index contributed by atoms with van der Waals surface area (Å²) in [4.78, 5) is 45.5. The summed E-state index contributed by atoms with van der Waals surface area (Å²) in [5.74, 6) is -0.823. The molecule has 2 aromatic carbocycles. The molecule has 1 aromatic heterocycles. The highest BCUT2D eigenvalue weighted by atomic mass is 35.5. The number of hydrogen-bond acceptors (Lipinski definition) is 7. The molecular formula is C28H22Cl3N3O4S2. The standard InChI is InChI=1S/C28H22Cl3N3O4S2/c29-13-18-14-40-27-23(33-22(35)15-39-19-11-20(30)32-21(31)12-19)26(36)34(27)24(18)28(37)38-25(16-7-3-1-4-8-16)17-9-5-2-6-10-17/h1-12,23,25,27H,13-15H2,(H,33,35)/t23-,27-/m1/s1. The quantitative estimate of drug-likeness (QED) is 0.106. The average molecular weight is 635 g/mol. The molecule has 2 aliphatic heterocycles. The van der Waals surface area contributed by atoms with Gasteiger partial charge in [0.05, 0.1) is 5.75 Å². The maximum Gasteiger partial charge on any atom is 0.356 e. The van der Waals surface area contributed by atoms with Crippen LogP contribution in [0.1, 0.15) is 17.2 Å². The maximum atomic E-state index is 13.6. The average Bonchev–Trinajstić information content (AvgIpc) is 2.97. The van der Waals surface area contributed by atoms with Crippen molar-refractivity contribution in [3.63, 3.8) is 0 Å². The largest absolute Gasteiger partial charge is 0.448 e. The Morgan fingerprint density at radius 1 is 1.05 bits per heavy atom. The summed E-state index contributed by atoms with van der Waals surface area (Å²) in [5.41, 5.74) is 2.34. The van der Waals surface area contributed by atoms with Gasteiger partial charge in [0.15, 0.2) is 6.10 Å². The highest BCUT2D eigenvalue weighted by molar-refractivity contribution is 8.00. The number of carbonyl (C=O) groups excluding carboxylic acids is 3. The number of nitrogens with zero attached hydrogens (tertiary/aromatic N) is 2. The van der Waals surface area contributed by atoms with Crippen LogP contribution in [0.5, 0.6) is 0 Å². The van der Waals surface area contributed by atoms with Crippen LogP contribution in [0.25, 0.3) is 0 Å². The van der Waals surface area contributed by atoms with Gasteiger partial charge in [0.2, 0.25) is 5.91 Å². The highest BCUT2D eigenvalue weighted by Crippen LogP contribution is 2.42. The number of alkyl halides is 1. The van der Waals surface area contributed by atoms with E-state index in [2.05, 4.69) is 10.3 Å². The third-order valence-electron chi connectivity index (χ3n) is 6.25. The van der Waals surface area contributed by atoms with Gasteiger partial charge in [-0.25, -0.2) is 9.78 Å². The first kappa shape index (κ1) is 28.8. The minimum absolute atomic E-state index is 0.0470. The monoisotopic (exact) mass is 633 g/mol. The second-order valence-corrected chi connectivity index (χ2v) is 12.1. The molecule has 0 saturated carbocycles. The van der Waals surface area contributed by atoms with E-state index < -0.39 is 29.4 Å². The predicted octanol–water partition coefficient (Wildman–Crippen LogP) is 5.71. The highest BCUT2D eigenvalue weighted by Gasteiger charge is 2.54. The van der Waals surface area contributed by atoms with Crippen molar-refractivity contribution in [2.45, 2.75) is 22.4 Å². The fourth-order valence-electron chi connectivity index (χ4n) is 4.41. The number of hydrogen-bond donors (Lipinski definition) is 1. The van der Waals surface area contributed by atoms with Crippen LogP contribution >= 0.6 is 58.3 Å². The molecule has 1 N–H and O–H groups in total. The first-order chi connectivity index (χ1) is 19.4. The molecule has 7 nitrogen and oxygen atoms in total. The van der Waals surface area contributed by atoms with E-state index in [1.807, 2.05) is 60.7 Å². The molecule has 0 bridgehead atoms. The molecule has 2 amide bonds. The van der Waals surface area contributed by atoms with Gasteiger partial charge in [0, 0.05) is 16.5 Å². The number of benzene rings is 2.